The first kappa shape index (κ1) is 22.1. The average Bonchev–Trinajstić information content (AvgIpc) is 2.85. The molecule has 33 heavy (non-hydrogen) atoms. The molecule has 0 saturated heterocycles. The van der Waals surface area contributed by atoms with Gasteiger partial charge >= 0.3 is 0 Å². The fourth-order valence-electron chi connectivity index (χ4n) is 3.48. The van der Waals surface area contributed by atoms with Crippen molar-refractivity contribution in [2.45, 2.75) is 18.9 Å². The molecule has 4 rings (SSSR count). The lowest BCUT2D eigenvalue weighted by Gasteiger charge is -2.21. The van der Waals surface area contributed by atoms with Crippen LogP contribution in [0.2, 0.25) is 0 Å². The van der Waals surface area contributed by atoms with Gasteiger partial charge in [-0.15, -0.1) is 0 Å². The minimum Gasteiger partial charge on any atom is -0.363 e. The molecule has 1 N–H and O–H groups in total. The Bertz CT molecular complexity index is 1180. The summed E-state index contributed by atoms with van der Waals surface area (Å²) in [6, 6.07) is 21.0. The number of carbonyl (C=O) groups is 1. The maximum Gasteiger partial charge on any atom is 0.226 e. The molecule has 0 saturated carbocycles. The van der Waals surface area contributed by atoms with E-state index in [4.69, 9.17) is 9.97 Å². The average molecular weight is 439 g/mol. The van der Waals surface area contributed by atoms with Crippen molar-refractivity contribution in [3.8, 4) is 11.4 Å². The molecule has 0 fully saturated rings. The van der Waals surface area contributed by atoms with Crippen molar-refractivity contribution in [3.05, 3.63) is 102 Å². The van der Waals surface area contributed by atoms with E-state index < -0.39 is 0 Å². The molecule has 4 aromatic rings. The van der Waals surface area contributed by atoms with Gasteiger partial charge < -0.3 is 10.2 Å². The number of rotatable bonds is 8. The van der Waals surface area contributed by atoms with Crippen molar-refractivity contribution >= 4 is 11.7 Å². The van der Waals surface area contributed by atoms with Crippen LogP contribution in [0.3, 0.4) is 0 Å². The monoisotopic (exact) mass is 438 g/mol. The van der Waals surface area contributed by atoms with Crippen LogP contribution in [0.15, 0.2) is 85.3 Å². The highest BCUT2D eigenvalue weighted by atomic mass is 16.1. The SMILES string of the molecule is CN(C)c1cc([C@H](Cc2ccccc2)NC(=O)Cc2ccccn2)nc(-c2cccnc2)n1. The molecule has 7 heteroatoms. The van der Waals surface area contributed by atoms with Gasteiger partial charge in [0, 0.05) is 50.0 Å². The van der Waals surface area contributed by atoms with E-state index in [9.17, 15) is 4.79 Å². The van der Waals surface area contributed by atoms with Crippen molar-refractivity contribution in [2.75, 3.05) is 19.0 Å². The number of nitrogens with one attached hydrogen (secondary N) is 1. The lowest BCUT2D eigenvalue weighted by molar-refractivity contribution is -0.121. The zero-order valence-corrected chi connectivity index (χ0v) is 18.7. The first-order valence-corrected chi connectivity index (χ1v) is 10.8. The van der Waals surface area contributed by atoms with Gasteiger partial charge in [-0.05, 0) is 36.2 Å². The largest absolute Gasteiger partial charge is 0.363 e. The second kappa shape index (κ2) is 10.5. The summed E-state index contributed by atoms with van der Waals surface area (Å²) >= 11 is 0. The maximum absolute atomic E-state index is 12.9. The second-order valence-electron chi connectivity index (χ2n) is 7.92. The fraction of sp³-hybridized carbons (Fsp3) is 0.192. The summed E-state index contributed by atoms with van der Waals surface area (Å²) < 4.78 is 0. The van der Waals surface area contributed by atoms with Crippen molar-refractivity contribution in [2.24, 2.45) is 0 Å². The summed E-state index contributed by atoms with van der Waals surface area (Å²) in [5.74, 6) is 1.22. The lowest BCUT2D eigenvalue weighted by Crippen LogP contribution is -2.32. The van der Waals surface area contributed by atoms with Gasteiger partial charge in [0.05, 0.1) is 18.2 Å². The van der Waals surface area contributed by atoms with E-state index in [1.54, 1.807) is 18.6 Å². The van der Waals surface area contributed by atoms with Crippen LogP contribution in [0.5, 0.6) is 0 Å². The van der Waals surface area contributed by atoms with Crippen molar-refractivity contribution in [1.29, 1.82) is 0 Å². The molecule has 1 atom stereocenters. The van der Waals surface area contributed by atoms with E-state index in [0.717, 1.165) is 28.3 Å². The smallest absolute Gasteiger partial charge is 0.226 e. The summed E-state index contributed by atoms with van der Waals surface area (Å²) in [5.41, 5.74) is 3.39. The molecule has 1 aromatic carbocycles. The van der Waals surface area contributed by atoms with E-state index in [-0.39, 0.29) is 18.4 Å². The number of amides is 1. The lowest BCUT2D eigenvalue weighted by atomic mass is 10.0. The minimum atomic E-state index is -0.333. The van der Waals surface area contributed by atoms with E-state index in [2.05, 4.69) is 15.3 Å². The third kappa shape index (κ3) is 5.98. The Labute approximate surface area is 193 Å². The molecular formula is C26H26N6O. The van der Waals surface area contributed by atoms with Crippen LogP contribution in [0.1, 0.15) is 23.0 Å². The summed E-state index contributed by atoms with van der Waals surface area (Å²) in [6.07, 6.45) is 5.96. The number of hydrogen-bond acceptors (Lipinski definition) is 6. The van der Waals surface area contributed by atoms with Crippen molar-refractivity contribution in [1.82, 2.24) is 25.3 Å². The molecule has 0 radical (unpaired) electrons. The van der Waals surface area contributed by atoms with E-state index >= 15 is 0 Å². The van der Waals surface area contributed by atoms with Gasteiger partial charge in [0.2, 0.25) is 5.91 Å². The van der Waals surface area contributed by atoms with Gasteiger partial charge in [0.15, 0.2) is 5.82 Å². The van der Waals surface area contributed by atoms with Crippen LogP contribution in [0.25, 0.3) is 11.4 Å². The zero-order valence-electron chi connectivity index (χ0n) is 18.7. The number of aromatic nitrogens is 4. The van der Waals surface area contributed by atoms with E-state index in [1.165, 1.54) is 0 Å². The molecule has 0 aliphatic carbocycles. The predicted octanol–water partition coefficient (Wildman–Crippen LogP) is 3.64. The quantitative estimate of drug-likeness (QED) is 0.452. The predicted molar refractivity (Wildman–Crippen MR) is 129 cm³/mol. The molecule has 3 heterocycles. The molecule has 166 valence electrons. The van der Waals surface area contributed by atoms with Gasteiger partial charge in [-0.25, -0.2) is 9.97 Å². The molecule has 7 nitrogen and oxygen atoms in total. The van der Waals surface area contributed by atoms with Gasteiger partial charge in [-0.3, -0.25) is 14.8 Å². The normalized spacial score (nSPS) is 11.6. The van der Waals surface area contributed by atoms with Gasteiger partial charge in [-0.2, -0.15) is 0 Å². The Morgan fingerprint density at radius 1 is 0.970 bits per heavy atom. The number of anilines is 1. The molecule has 3 aromatic heterocycles. The molecule has 0 spiro atoms. The van der Waals surface area contributed by atoms with Crippen LogP contribution in [0.4, 0.5) is 5.82 Å². The highest BCUT2D eigenvalue weighted by Crippen LogP contribution is 2.24. The topological polar surface area (TPSA) is 83.9 Å². The number of hydrogen-bond donors (Lipinski definition) is 1. The third-order valence-corrected chi connectivity index (χ3v) is 5.15. The van der Waals surface area contributed by atoms with Crippen LogP contribution in [-0.4, -0.2) is 39.9 Å². The Morgan fingerprint density at radius 3 is 2.48 bits per heavy atom. The van der Waals surface area contributed by atoms with Gasteiger partial charge in [0.1, 0.15) is 5.82 Å². The molecule has 0 aliphatic rings. The van der Waals surface area contributed by atoms with Crippen LogP contribution < -0.4 is 10.2 Å². The highest BCUT2D eigenvalue weighted by Gasteiger charge is 2.20. The fourth-order valence-corrected chi connectivity index (χ4v) is 3.48. The Morgan fingerprint density at radius 2 is 1.79 bits per heavy atom. The number of pyridine rings is 2. The number of carbonyl (C=O) groups excluding carboxylic acids is 1. The summed E-state index contributed by atoms with van der Waals surface area (Å²) in [6.45, 7) is 0. The Balaban J connectivity index is 1.69. The number of benzene rings is 1. The van der Waals surface area contributed by atoms with Gasteiger partial charge in [-0.1, -0.05) is 36.4 Å². The third-order valence-electron chi connectivity index (χ3n) is 5.15. The van der Waals surface area contributed by atoms with Crippen LogP contribution in [-0.2, 0) is 17.6 Å². The summed E-state index contributed by atoms with van der Waals surface area (Å²) in [4.78, 5) is 32.9. The Hall–Kier alpha value is -4.13. The Kier molecular flexibility index (Phi) is 6.99. The molecule has 0 bridgehead atoms. The highest BCUT2D eigenvalue weighted by molar-refractivity contribution is 5.78. The van der Waals surface area contributed by atoms with Gasteiger partial charge in [0.25, 0.3) is 0 Å². The molecule has 1 amide bonds. The zero-order chi connectivity index (χ0) is 23.0. The van der Waals surface area contributed by atoms with Crippen LogP contribution in [0, 0.1) is 0 Å². The maximum atomic E-state index is 12.9. The second-order valence-corrected chi connectivity index (χ2v) is 7.92. The van der Waals surface area contributed by atoms with Crippen molar-refractivity contribution in [3.63, 3.8) is 0 Å². The van der Waals surface area contributed by atoms with E-state index in [1.807, 2.05) is 85.7 Å². The first-order chi connectivity index (χ1) is 16.1. The molecular weight excluding hydrogens is 412 g/mol. The summed E-state index contributed by atoms with van der Waals surface area (Å²) in [5, 5.41) is 3.17. The first-order valence-electron chi connectivity index (χ1n) is 10.8. The minimum absolute atomic E-state index is 0.109. The number of nitrogens with zero attached hydrogens (tertiary/aromatic N) is 5. The molecule has 0 aliphatic heterocycles. The summed E-state index contributed by atoms with van der Waals surface area (Å²) in [7, 11) is 3.87. The standard InChI is InChI=1S/C26H26N6O/c1-32(2)24-17-23(30-26(31-24)20-11-8-13-27-18-20)22(15-19-9-4-3-5-10-19)29-25(33)16-21-12-6-7-14-28-21/h3-14,17-18,22H,15-16H2,1-2H3,(H,29,33)/t22-/m0/s1. The van der Waals surface area contributed by atoms with Crippen molar-refractivity contribution < 1.29 is 4.79 Å². The van der Waals surface area contributed by atoms with E-state index in [0.29, 0.717) is 12.2 Å². The van der Waals surface area contributed by atoms with Crippen LogP contribution >= 0.6 is 0 Å². The molecule has 0 unspecified atom stereocenters.